The quantitative estimate of drug-likeness (QED) is 0.710. The first kappa shape index (κ1) is 11.1. The molecule has 0 aromatic heterocycles. The fourth-order valence-corrected chi connectivity index (χ4v) is 2.31. The van der Waals surface area contributed by atoms with E-state index in [1.807, 2.05) is 12.1 Å². The minimum Gasteiger partial charge on any atom is -0.496 e. The number of hydrogen-bond donors (Lipinski definition) is 0. The predicted molar refractivity (Wildman–Crippen MR) is 65.3 cm³/mol. The van der Waals surface area contributed by atoms with Crippen LogP contribution in [0.25, 0.3) is 0 Å². The van der Waals surface area contributed by atoms with Crippen LogP contribution in [0, 0.1) is 0 Å². The first-order valence-corrected chi connectivity index (χ1v) is 5.64. The van der Waals surface area contributed by atoms with Crippen molar-refractivity contribution in [2.24, 2.45) is 0 Å². The van der Waals surface area contributed by atoms with Crippen LogP contribution in [0.4, 0.5) is 0 Å². The first-order chi connectivity index (χ1) is 7.76. The van der Waals surface area contributed by atoms with E-state index in [9.17, 15) is 0 Å². The molecular formula is C14H18O2. The summed E-state index contributed by atoms with van der Waals surface area (Å²) in [5.74, 6) is 1.96. The van der Waals surface area contributed by atoms with Crippen molar-refractivity contribution in [3.63, 3.8) is 0 Å². The van der Waals surface area contributed by atoms with Crippen LogP contribution in [0.2, 0.25) is 0 Å². The zero-order chi connectivity index (χ0) is 11.5. The van der Waals surface area contributed by atoms with Gasteiger partial charge in [-0.1, -0.05) is 11.6 Å². The maximum atomic E-state index is 5.43. The summed E-state index contributed by atoms with van der Waals surface area (Å²) in [6.07, 6.45) is 5.39. The summed E-state index contributed by atoms with van der Waals surface area (Å²) in [6.45, 7) is 2.17. The molecule has 0 saturated carbocycles. The lowest BCUT2D eigenvalue weighted by atomic mass is 9.99. The lowest BCUT2D eigenvalue weighted by Crippen LogP contribution is -2.00. The molecule has 2 nitrogen and oxygen atoms in total. The Morgan fingerprint density at radius 1 is 1.00 bits per heavy atom. The fourth-order valence-electron chi connectivity index (χ4n) is 2.31. The maximum Gasteiger partial charge on any atom is 0.122 e. The van der Waals surface area contributed by atoms with Crippen LogP contribution in [0.1, 0.15) is 24.5 Å². The Hall–Kier alpha value is -1.44. The number of methoxy groups -OCH3 is 2. The van der Waals surface area contributed by atoms with E-state index in [0.717, 1.165) is 30.8 Å². The minimum atomic E-state index is 0.968. The average Bonchev–Trinajstić information content (AvgIpc) is 2.49. The van der Waals surface area contributed by atoms with Crippen LogP contribution < -0.4 is 9.47 Å². The van der Waals surface area contributed by atoms with E-state index < -0.39 is 0 Å². The van der Waals surface area contributed by atoms with Crippen molar-refractivity contribution >= 4 is 0 Å². The molecule has 1 aliphatic rings. The van der Waals surface area contributed by atoms with Crippen LogP contribution >= 0.6 is 0 Å². The minimum absolute atomic E-state index is 0.968. The van der Waals surface area contributed by atoms with Gasteiger partial charge in [-0.2, -0.15) is 0 Å². The molecule has 0 atom stereocenters. The summed E-state index contributed by atoms with van der Waals surface area (Å²) < 4.78 is 10.9. The summed E-state index contributed by atoms with van der Waals surface area (Å²) in [5.41, 5.74) is 3.99. The average molecular weight is 218 g/mol. The van der Waals surface area contributed by atoms with Gasteiger partial charge in [-0.25, -0.2) is 0 Å². The standard InChI is InChI=1S/C14H18O2/c1-10-5-4-6-11-12(9-10)14(16-3)8-7-13(11)15-2/h5,7-8H,4,6,9H2,1-3H3. The second kappa shape index (κ2) is 4.60. The van der Waals surface area contributed by atoms with E-state index in [4.69, 9.17) is 9.47 Å². The van der Waals surface area contributed by atoms with Crippen molar-refractivity contribution in [2.75, 3.05) is 14.2 Å². The molecule has 1 aromatic carbocycles. The van der Waals surface area contributed by atoms with Crippen molar-refractivity contribution in [1.82, 2.24) is 0 Å². The van der Waals surface area contributed by atoms with Gasteiger partial charge < -0.3 is 9.47 Å². The largest absolute Gasteiger partial charge is 0.496 e. The Labute approximate surface area is 96.9 Å². The molecule has 2 rings (SSSR count). The Morgan fingerprint density at radius 2 is 1.62 bits per heavy atom. The second-order valence-corrected chi connectivity index (χ2v) is 4.19. The fraction of sp³-hybridized carbons (Fsp3) is 0.429. The normalized spacial score (nSPS) is 14.8. The number of hydrogen-bond acceptors (Lipinski definition) is 2. The van der Waals surface area contributed by atoms with Crippen LogP contribution in [0.3, 0.4) is 0 Å². The molecule has 0 fully saturated rings. The Bertz CT molecular complexity index is 419. The smallest absolute Gasteiger partial charge is 0.122 e. The lowest BCUT2D eigenvalue weighted by molar-refractivity contribution is 0.395. The molecule has 0 aliphatic heterocycles. The first-order valence-electron chi connectivity index (χ1n) is 5.64. The lowest BCUT2D eigenvalue weighted by Gasteiger charge is -2.15. The van der Waals surface area contributed by atoms with E-state index in [1.54, 1.807) is 14.2 Å². The molecule has 0 spiro atoms. The van der Waals surface area contributed by atoms with Crippen molar-refractivity contribution in [2.45, 2.75) is 26.2 Å². The predicted octanol–water partition coefficient (Wildman–Crippen LogP) is 3.14. The van der Waals surface area contributed by atoms with E-state index in [0.29, 0.717) is 0 Å². The van der Waals surface area contributed by atoms with Gasteiger partial charge in [0.1, 0.15) is 11.5 Å². The zero-order valence-electron chi connectivity index (χ0n) is 10.2. The third kappa shape index (κ3) is 1.92. The van der Waals surface area contributed by atoms with E-state index in [-0.39, 0.29) is 0 Å². The molecule has 0 amide bonds. The van der Waals surface area contributed by atoms with Gasteiger partial charge in [0.2, 0.25) is 0 Å². The van der Waals surface area contributed by atoms with Crippen LogP contribution in [0.5, 0.6) is 11.5 Å². The van der Waals surface area contributed by atoms with Gasteiger partial charge in [0.15, 0.2) is 0 Å². The summed E-state index contributed by atoms with van der Waals surface area (Å²) >= 11 is 0. The molecule has 0 bridgehead atoms. The number of ether oxygens (including phenoxy) is 2. The molecule has 16 heavy (non-hydrogen) atoms. The van der Waals surface area contributed by atoms with Gasteiger partial charge in [-0.3, -0.25) is 0 Å². The molecule has 0 heterocycles. The van der Waals surface area contributed by atoms with Gasteiger partial charge in [0.05, 0.1) is 14.2 Å². The maximum absolute atomic E-state index is 5.43. The van der Waals surface area contributed by atoms with Crippen molar-refractivity contribution in [1.29, 1.82) is 0 Å². The van der Waals surface area contributed by atoms with E-state index >= 15 is 0 Å². The van der Waals surface area contributed by atoms with Gasteiger partial charge in [-0.05, 0) is 38.3 Å². The molecule has 0 unspecified atom stereocenters. The number of rotatable bonds is 2. The van der Waals surface area contributed by atoms with Gasteiger partial charge >= 0.3 is 0 Å². The highest BCUT2D eigenvalue weighted by atomic mass is 16.5. The summed E-state index contributed by atoms with van der Waals surface area (Å²) in [4.78, 5) is 0. The number of allylic oxidation sites excluding steroid dienone is 2. The topological polar surface area (TPSA) is 18.5 Å². The van der Waals surface area contributed by atoms with Gasteiger partial charge in [0, 0.05) is 11.1 Å². The summed E-state index contributed by atoms with van der Waals surface area (Å²) in [7, 11) is 3.46. The molecule has 2 heteroatoms. The van der Waals surface area contributed by atoms with E-state index in [1.165, 1.54) is 16.7 Å². The second-order valence-electron chi connectivity index (χ2n) is 4.19. The van der Waals surface area contributed by atoms with Crippen molar-refractivity contribution in [3.8, 4) is 11.5 Å². The number of benzene rings is 1. The highest BCUT2D eigenvalue weighted by molar-refractivity contribution is 5.51. The molecule has 0 saturated heterocycles. The Kier molecular flexibility index (Phi) is 3.18. The summed E-state index contributed by atoms with van der Waals surface area (Å²) in [6, 6.07) is 3.99. The Morgan fingerprint density at radius 3 is 2.25 bits per heavy atom. The SMILES string of the molecule is COc1ccc(OC)c2c1CCC=C(C)C2. The van der Waals surface area contributed by atoms with E-state index in [2.05, 4.69) is 13.0 Å². The third-order valence-electron chi connectivity index (χ3n) is 3.13. The highest BCUT2D eigenvalue weighted by Gasteiger charge is 2.16. The van der Waals surface area contributed by atoms with Crippen LogP contribution in [0.15, 0.2) is 23.8 Å². The molecule has 1 aliphatic carbocycles. The van der Waals surface area contributed by atoms with Crippen molar-refractivity contribution in [3.05, 3.63) is 34.9 Å². The molecule has 1 aromatic rings. The van der Waals surface area contributed by atoms with Crippen molar-refractivity contribution < 1.29 is 9.47 Å². The third-order valence-corrected chi connectivity index (χ3v) is 3.13. The molecule has 0 N–H and O–H groups in total. The van der Waals surface area contributed by atoms with Crippen LogP contribution in [-0.4, -0.2) is 14.2 Å². The monoisotopic (exact) mass is 218 g/mol. The molecule has 0 radical (unpaired) electrons. The molecule has 86 valence electrons. The van der Waals surface area contributed by atoms with Crippen LogP contribution in [-0.2, 0) is 12.8 Å². The van der Waals surface area contributed by atoms with Gasteiger partial charge in [-0.15, -0.1) is 0 Å². The highest BCUT2D eigenvalue weighted by Crippen LogP contribution is 2.34. The molecular weight excluding hydrogens is 200 g/mol. The Balaban J connectivity index is 2.53. The zero-order valence-corrected chi connectivity index (χ0v) is 10.2. The number of fused-ring (bicyclic) bond motifs is 1. The van der Waals surface area contributed by atoms with Gasteiger partial charge in [0.25, 0.3) is 0 Å². The summed E-state index contributed by atoms with van der Waals surface area (Å²) in [5, 5.41) is 0.